The molecule has 5 heteroatoms. The normalized spacial score (nSPS) is 18.6. The molecule has 0 unspecified atom stereocenters. The van der Waals surface area contributed by atoms with Crippen molar-refractivity contribution in [1.82, 2.24) is 14.5 Å². The number of rotatable bonds is 1. The molecular formula is C13H15F2N3. The summed E-state index contributed by atoms with van der Waals surface area (Å²) in [5.74, 6) is -1.65. The van der Waals surface area contributed by atoms with Gasteiger partial charge in [0.15, 0.2) is 11.6 Å². The highest BCUT2D eigenvalue weighted by molar-refractivity contribution is 5.75. The molecule has 0 atom stereocenters. The van der Waals surface area contributed by atoms with Crippen molar-refractivity contribution in [2.24, 2.45) is 0 Å². The minimum atomic E-state index is -0.837. The number of imidazole rings is 1. The first-order chi connectivity index (χ1) is 8.65. The van der Waals surface area contributed by atoms with E-state index in [1.807, 2.05) is 4.57 Å². The smallest absolute Gasteiger partial charge is 0.161 e. The number of hydrogen-bond donors (Lipinski definition) is 0. The lowest BCUT2D eigenvalue weighted by Crippen LogP contribution is -2.31. The Labute approximate surface area is 104 Å². The molecule has 0 bridgehead atoms. The second-order valence-corrected chi connectivity index (χ2v) is 4.94. The van der Waals surface area contributed by atoms with Gasteiger partial charge in [-0.3, -0.25) is 0 Å². The van der Waals surface area contributed by atoms with E-state index in [1.165, 1.54) is 6.07 Å². The molecule has 1 aliphatic heterocycles. The Bertz CT molecular complexity index is 571. The first-order valence-electron chi connectivity index (χ1n) is 6.15. The van der Waals surface area contributed by atoms with Crippen molar-refractivity contribution in [3.05, 3.63) is 30.1 Å². The molecule has 0 saturated carbocycles. The molecule has 1 aliphatic rings. The minimum Gasteiger partial charge on any atom is -0.327 e. The summed E-state index contributed by atoms with van der Waals surface area (Å²) in [7, 11) is 2.09. The Morgan fingerprint density at radius 2 is 1.83 bits per heavy atom. The number of nitrogens with zero attached hydrogens (tertiary/aromatic N) is 3. The van der Waals surface area contributed by atoms with Crippen molar-refractivity contribution in [2.45, 2.75) is 18.9 Å². The zero-order valence-electron chi connectivity index (χ0n) is 10.2. The van der Waals surface area contributed by atoms with Crippen LogP contribution in [0.2, 0.25) is 0 Å². The molecule has 0 amide bonds. The molecule has 0 N–H and O–H groups in total. The molecule has 1 saturated heterocycles. The molecule has 3 nitrogen and oxygen atoms in total. The van der Waals surface area contributed by atoms with Gasteiger partial charge in [-0.1, -0.05) is 0 Å². The minimum absolute atomic E-state index is 0.330. The number of aromatic nitrogens is 2. The third-order valence-electron chi connectivity index (χ3n) is 3.70. The van der Waals surface area contributed by atoms with Gasteiger partial charge in [-0.25, -0.2) is 13.8 Å². The predicted molar refractivity (Wildman–Crippen MR) is 65.4 cm³/mol. The van der Waals surface area contributed by atoms with E-state index in [2.05, 4.69) is 16.9 Å². The van der Waals surface area contributed by atoms with Gasteiger partial charge in [0, 0.05) is 18.2 Å². The van der Waals surface area contributed by atoms with E-state index >= 15 is 0 Å². The number of halogens is 2. The van der Waals surface area contributed by atoms with Crippen LogP contribution in [0.1, 0.15) is 18.9 Å². The topological polar surface area (TPSA) is 21.1 Å². The molecule has 18 heavy (non-hydrogen) atoms. The fourth-order valence-electron chi connectivity index (χ4n) is 2.59. The maximum atomic E-state index is 13.3. The standard InChI is InChI=1S/C13H15F2N3/c1-17-4-2-9(3-5-17)18-8-16-12-6-10(14)11(15)7-13(12)18/h6-9H,2-5H2,1H3. The summed E-state index contributed by atoms with van der Waals surface area (Å²) >= 11 is 0. The van der Waals surface area contributed by atoms with Crippen LogP contribution in [-0.2, 0) is 0 Å². The summed E-state index contributed by atoms with van der Waals surface area (Å²) in [5, 5.41) is 0. The number of benzene rings is 1. The predicted octanol–water partition coefficient (Wildman–Crippen LogP) is 2.58. The summed E-state index contributed by atoms with van der Waals surface area (Å²) in [6.45, 7) is 2.04. The van der Waals surface area contributed by atoms with Crippen LogP contribution >= 0.6 is 0 Å². The van der Waals surface area contributed by atoms with Gasteiger partial charge in [0.2, 0.25) is 0 Å². The van der Waals surface area contributed by atoms with Crippen molar-refractivity contribution >= 4 is 11.0 Å². The van der Waals surface area contributed by atoms with Crippen LogP contribution in [0.15, 0.2) is 18.5 Å². The van der Waals surface area contributed by atoms with Gasteiger partial charge >= 0.3 is 0 Å². The maximum Gasteiger partial charge on any atom is 0.161 e. The lowest BCUT2D eigenvalue weighted by Gasteiger charge is -2.30. The Balaban J connectivity index is 1.99. The first kappa shape index (κ1) is 11.6. The average molecular weight is 251 g/mol. The van der Waals surface area contributed by atoms with Crippen LogP contribution in [0.25, 0.3) is 11.0 Å². The molecular weight excluding hydrogens is 236 g/mol. The van der Waals surface area contributed by atoms with Gasteiger partial charge in [0.25, 0.3) is 0 Å². The SMILES string of the molecule is CN1CCC(n2cnc3cc(F)c(F)cc32)CC1. The van der Waals surface area contributed by atoms with Crippen molar-refractivity contribution in [3.63, 3.8) is 0 Å². The monoisotopic (exact) mass is 251 g/mol. The van der Waals surface area contributed by atoms with Crippen LogP contribution < -0.4 is 0 Å². The highest BCUT2D eigenvalue weighted by atomic mass is 19.2. The third-order valence-corrected chi connectivity index (χ3v) is 3.70. The van der Waals surface area contributed by atoms with Crippen molar-refractivity contribution in [1.29, 1.82) is 0 Å². The summed E-state index contributed by atoms with van der Waals surface area (Å²) in [6, 6.07) is 2.74. The first-order valence-corrected chi connectivity index (χ1v) is 6.15. The quantitative estimate of drug-likeness (QED) is 0.776. The summed E-state index contributed by atoms with van der Waals surface area (Å²) in [4.78, 5) is 6.43. The zero-order chi connectivity index (χ0) is 12.7. The zero-order valence-corrected chi connectivity index (χ0v) is 10.2. The van der Waals surface area contributed by atoms with Crippen LogP contribution in [0.4, 0.5) is 8.78 Å². The van der Waals surface area contributed by atoms with Gasteiger partial charge in [-0.15, -0.1) is 0 Å². The molecule has 0 radical (unpaired) electrons. The molecule has 96 valence electrons. The summed E-state index contributed by atoms with van der Waals surface area (Å²) < 4.78 is 28.4. The van der Waals surface area contributed by atoms with E-state index in [4.69, 9.17) is 0 Å². The fraction of sp³-hybridized carbons (Fsp3) is 0.462. The van der Waals surface area contributed by atoms with E-state index in [0.717, 1.165) is 32.0 Å². The molecule has 1 aromatic carbocycles. The Morgan fingerprint density at radius 3 is 2.56 bits per heavy atom. The molecule has 0 aliphatic carbocycles. The number of likely N-dealkylation sites (tertiary alicyclic amines) is 1. The van der Waals surface area contributed by atoms with Crippen molar-refractivity contribution in [3.8, 4) is 0 Å². The molecule has 3 rings (SSSR count). The van der Waals surface area contributed by atoms with Gasteiger partial charge < -0.3 is 9.47 Å². The second-order valence-electron chi connectivity index (χ2n) is 4.94. The lowest BCUT2D eigenvalue weighted by molar-refractivity contribution is 0.223. The molecule has 0 spiro atoms. The highest BCUT2D eigenvalue weighted by Crippen LogP contribution is 2.27. The van der Waals surface area contributed by atoms with Crippen LogP contribution in [-0.4, -0.2) is 34.6 Å². The summed E-state index contributed by atoms with van der Waals surface area (Å²) in [5.41, 5.74) is 1.20. The van der Waals surface area contributed by atoms with Gasteiger partial charge in [0.05, 0.1) is 17.4 Å². The maximum absolute atomic E-state index is 13.3. The molecule has 2 aromatic rings. The Morgan fingerprint density at radius 1 is 1.17 bits per heavy atom. The fourth-order valence-corrected chi connectivity index (χ4v) is 2.59. The van der Waals surface area contributed by atoms with Crippen molar-refractivity contribution in [2.75, 3.05) is 20.1 Å². The van der Waals surface area contributed by atoms with Crippen molar-refractivity contribution < 1.29 is 8.78 Å². The van der Waals surface area contributed by atoms with Gasteiger partial charge in [0.1, 0.15) is 0 Å². The van der Waals surface area contributed by atoms with E-state index in [9.17, 15) is 8.78 Å². The van der Waals surface area contributed by atoms with E-state index in [1.54, 1.807) is 6.33 Å². The van der Waals surface area contributed by atoms with Crippen LogP contribution in [0.5, 0.6) is 0 Å². The van der Waals surface area contributed by atoms with Gasteiger partial charge in [-0.05, 0) is 33.0 Å². The Hall–Kier alpha value is -1.49. The number of fused-ring (bicyclic) bond motifs is 1. The summed E-state index contributed by atoms with van der Waals surface area (Å²) in [6.07, 6.45) is 3.72. The molecule has 1 fully saturated rings. The second kappa shape index (κ2) is 4.31. The highest BCUT2D eigenvalue weighted by Gasteiger charge is 2.20. The van der Waals surface area contributed by atoms with E-state index in [0.29, 0.717) is 17.1 Å². The third kappa shape index (κ3) is 1.88. The molecule has 1 aromatic heterocycles. The van der Waals surface area contributed by atoms with Crippen LogP contribution in [0.3, 0.4) is 0 Å². The molecule has 2 heterocycles. The Kier molecular flexibility index (Phi) is 2.78. The lowest BCUT2D eigenvalue weighted by atomic mass is 10.1. The van der Waals surface area contributed by atoms with E-state index < -0.39 is 11.6 Å². The average Bonchev–Trinajstić information content (AvgIpc) is 2.74. The largest absolute Gasteiger partial charge is 0.327 e. The number of hydrogen-bond acceptors (Lipinski definition) is 2. The number of piperidine rings is 1. The van der Waals surface area contributed by atoms with E-state index in [-0.39, 0.29) is 0 Å². The van der Waals surface area contributed by atoms with Gasteiger partial charge in [-0.2, -0.15) is 0 Å². The van der Waals surface area contributed by atoms with Crippen LogP contribution in [0, 0.1) is 11.6 Å².